The summed E-state index contributed by atoms with van der Waals surface area (Å²) in [5.74, 6) is 0. The van der Waals surface area contributed by atoms with E-state index >= 15 is 0 Å². The molecule has 134 valence electrons. The minimum atomic E-state index is -0.498. The van der Waals surface area contributed by atoms with Crippen molar-refractivity contribution >= 4 is 12.6 Å². The molecule has 1 aliphatic rings. The van der Waals surface area contributed by atoms with Crippen molar-refractivity contribution in [1.29, 1.82) is 0 Å². The van der Waals surface area contributed by atoms with Crippen LogP contribution in [0, 0.1) is 6.92 Å². The van der Waals surface area contributed by atoms with Gasteiger partial charge in [0.1, 0.15) is 6.79 Å². The second-order valence-electron chi connectivity index (χ2n) is 7.94. The second kappa shape index (κ2) is 6.79. The van der Waals surface area contributed by atoms with Gasteiger partial charge in [0.05, 0.1) is 16.8 Å². The minimum absolute atomic E-state index is 0.264. The van der Waals surface area contributed by atoms with Crippen LogP contribution in [0.5, 0.6) is 0 Å². The van der Waals surface area contributed by atoms with E-state index < -0.39 is 12.7 Å². The standard InChI is InChI=1S/C19H31BO4/c1-9-21-13-22-17(3,4)15-11-10-14(2)12-16(15)20-23-18(5,6)19(7,8)24-20/h10-12H,9,13H2,1-8H3. The zero-order valence-electron chi connectivity index (χ0n) is 16.4. The van der Waals surface area contributed by atoms with Gasteiger partial charge in [0.25, 0.3) is 0 Å². The molecule has 5 heteroatoms. The summed E-state index contributed by atoms with van der Waals surface area (Å²) in [5, 5.41) is 0. The van der Waals surface area contributed by atoms with Crippen LogP contribution in [-0.4, -0.2) is 31.7 Å². The third-order valence-corrected chi connectivity index (χ3v) is 5.07. The Kier molecular flexibility index (Phi) is 5.50. The fourth-order valence-electron chi connectivity index (χ4n) is 2.75. The Hall–Kier alpha value is -0.875. The van der Waals surface area contributed by atoms with Gasteiger partial charge in [-0.2, -0.15) is 0 Å². The van der Waals surface area contributed by atoms with Crippen molar-refractivity contribution in [2.24, 2.45) is 0 Å². The zero-order chi connectivity index (χ0) is 18.2. The largest absolute Gasteiger partial charge is 0.495 e. The number of benzene rings is 1. The van der Waals surface area contributed by atoms with Crippen LogP contribution in [-0.2, 0) is 24.4 Å². The lowest BCUT2D eigenvalue weighted by molar-refractivity contribution is -0.128. The predicted molar refractivity (Wildman–Crippen MR) is 97.5 cm³/mol. The summed E-state index contributed by atoms with van der Waals surface area (Å²) in [6, 6.07) is 6.32. The van der Waals surface area contributed by atoms with Crippen molar-refractivity contribution in [1.82, 2.24) is 0 Å². The first-order chi connectivity index (χ1) is 11.0. The number of hydrogen-bond donors (Lipinski definition) is 0. The molecule has 4 nitrogen and oxygen atoms in total. The number of rotatable bonds is 6. The lowest BCUT2D eigenvalue weighted by atomic mass is 9.72. The second-order valence-corrected chi connectivity index (χ2v) is 7.94. The maximum atomic E-state index is 6.26. The van der Waals surface area contributed by atoms with Crippen LogP contribution in [0.1, 0.15) is 59.6 Å². The lowest BCUT2D eigenvalue weighted by Gasteiger charge is -2.32. The molecule has 0 bridgehead atoms. The van der Waals surface area contributed by atoms with Crippen LogP contribution >= 0.6 is 0 Å². The molecule has 0 amide bonds. The first-order valence-corrected chi connectivity index (χ1v) is 8.68. The normalized spacial score (nSPS) is 19.8. The SMILES string of the molecule is CCOCOC(C)(C)c1ccc(C)cc1B1OC(C)(C)C(C)(C)O1. The van der Waals surface area contributed by atoms with Crippen LogP contribution in [0.15, 0.2) is 18.2 Å². The molecule has 0 aliphatic carbocycles. The Balaban J connectivity index is 2.36. The van der Waals surface area contributed by atoms with Gasteiger partial charge in [-0.1, -0.05) is 23.8 Å². The van der Waals surface area contributed by atoms with Gasteiger partial charge >= 0.3 is 7.12 Å². The Morgan fingerprint density at radius 1 is 1.08 bits per heavy atom. The molecule has 0 atom stereocenters. The van der Waals surface area contributed by atoms with Gasteiger partial charge in [0.2, 0.25) is 0 Å². The van der Waals surface area contributed by atoms with E-state index in [9.17, 15) is 0 Å². The van der Waals surface area contributed by atoms with Crippen LogP contribution in [0.4, 0.5) is 0 Å². The van der Waals surface area contributed by atoms with Crippen molar-refractivity contribution in [2.45, 2.75) is 72.2 Å². The molecule has 0 saturated carbocycles. The van der Waals surface area contributed by atoms with E-state index in [1.165, 1.54) is 5.56 Å². The van der Waals surface area contributed by atoms with Gasteiger partial charge in [-0.3, -0.25) is 0 Å². The number of aryl methyl sites for hydroxylation is 1. The zero-order valence-corrected chi connectivity index (χ0v) is 16.4. The van der Waals surface area contributed by atoms with Gasteiger partial charge in [0.15, 0.2) is 0 Å². The molecule has 1 heterocycles. The summed E-state index contributed by atoms with van der Waals surface area (Å²) in [7, 11) is -0.403. The third kappa shape index (κ3) is 3.85. The van der Waals surface area contributed by atoms with Crippen molar-refractivity contribution in [2.75, 3.05) is 13.4 Å². The molecule has 2 rings (SSSR count). The summed E-state index contributed by atoms with van der Waals surface area (Å²) in [6.45, 7) is 17.3. The molecule has 0 aromatic heterocycles. The lowest BCUT2D eigenvalue weighted by Crippen LogP contribution is -2.41. The van der Waals surface area contributed by atoms with Gasteiger partial charge in [-0.25, -0.2) is 0 Å². The monoisotopic (exact) mass is 334 g/mol. The summed E-state index contributed by atoms with van der Waals surface area (Å²) in [4.78, 5) is 0. The highest BCUT2D eigenvalue weighted by molar-refractivity contribution is 6.62. The highest BCUT2D eigenvalue weighted by atomic mass is 16.7. The highest BCUT2D eigenvalue weighted by Gasteiger charge is 2.52. The first kappa shape index (κ1) is 19.4. The molecule has 1 aromatic rings. The fraction of sp³-hybridized carbons (Fsp3) is 0.684. The number of ether oxygens (including phenoxy) is 2. The first-order valence-electron chi connectivity index (χ1n) is 8.68. The summed E-state index contributed by atoms with van der Waals surface area (Å²) in [5.41, 5.74) is 2.02. The van der Waals surface area contributed by atoms with E-state index in [4.69, 9.17) is 18.8 Å². The fourth-order valence-corrected chi connectivity index (χ4v) is 2.75. The molecule has 0 unspecified atom stereocenters. The van der Waals surface area contributed by atoms with Crippen molar-refractivity contribution in [3.8, 4) is 0 Å². The Morgan fingerprint density at radius 2 is 1.67 bits per heavy atom. The molecule has 1 aromatic carbocycles. The van der Waals surface area contributed by atoms with Crippen LogP contribution in [0.25, 0.3) is 0 Å². The van der Waals surface area contributed by atoms with Crippen molar-refractivity contribution < 1.29 is 18.8 Å². The van der Waals surface area contributed by atoms with E-state index in [0.29, 0.717) is 6.61 Å². The topological polar surface area (TPSA) is 36.9 Å². The Morgan fingerprint density at radius 3 is 2.21 bits per heavy atom. The maximum Gasteiger partial charge on any atom is 0.495 e. The summed E-state index contributed by atoms with van der Waals surface area (Å²) < 4.78 is 23.8. The Labute approximate surface area is 147 Å². The molecule has 24 heavy (non-hydrogen) atoms. The van der Waals surface area contributed by atoms with Crippen LogP contribution in [0.2, 0.25) is 0 Å². The van der Waals surface area contributed by atoms with E-state index in [0.717, 1.165) is 11.0 Å². The molecule has 0 spiro atoms. The maximum absolute atomic E-state index is 6.26. The van der Waals surface area contributed by atoms with E-state index in [-0.39, 0.29) is 18.0 Å². The smallest absolute Gasteiger partial charge is 0.399 e. The van der Waals surface area contributed by atoms with E-state index in [1.807, 2.05) is 20.8 Å². The molecular formula is C19H31BO4. The average molecular weight is 334 g/mol. The van der Waals surface area contributed by atoms with Crippen molar-refractivity contribution in [3.63, 3.8) is 0 Å². The number of hydrogen-bond acceptors (Lipinski definition) is 4. The minimum Gasteiger partial charge on any atom is -0.399 e. The van der Waals surface area contributed by atoms with Gasteiger partial charge in [0, 0.05) is 6.61 Å². The van der Waals surface area contributed by atoms with Gasteiger partial charge in [-0.15, -0.1) is 0 Å². The molecule has 1 aliphatic heterocycles. The third-order valence-electron chi connectivity index (χ3n) is 5.07. The quantitative estimate of drug-likeness (QED) is 0.453. The van der Waals surface area contributed by atoms with Crippen molar-refractivity contribution in [3.05, 3.63) is 29.3 Å². The van der Waals surface area contributed by atoms with E-state index in [2.05, 4.69) is 52.8 Å². The molecule has 0 N–H and O–H groups in total. The van der Waals surface area contributed by atoms with Crippen LogP contribution < -0.4 is 5.46 Å². The van der Waals surface area contributed by atoms with Crippen LogP contribution in [0.3, 0.4) is 0 Å². The Bertz CT molecular complexity index is 565. The highest BCUT2D eigenvalue weighted by Crippen LogP contribution is 2.37. The molecule has 1 fully saturated rings. The average Bonchev–Trinajstić information content (AvgIpc) is 2.67. The summed E-state index contributed by atoms with van der Waals surface area (Å²) >= 11 is 0. The molecule has 0 radical (unpaired) electrons. The summed E-state index contributed by atoms with van der Waals surface area (Å²) in [6.07, 6.45) is 0. The molecular weight excluding hydrogens is 303 g/mol. The predicted octanol–water partition coefficient (Wildman–Crippen LogP) is 3.54. The molecule has 1 saturated heterocycles. The van der Waals surface area contributed by atoms with Gasteiger partial charge in [-0.05, 0) is 66.4 Å². The van der Waals surface area contributed by atoms with E-state index in [1.54, 1.807) is 0 Å². The van der Waals surface area contributed by atoms with Gasteiger partial charge < -0.3 is 18.8 Å².